The molecule has 0 fully saturated rings. The van der Waals surface area contributed by atoms with Gasteiger partial charge in [-0.3, -0.25) is 14.6 Å². The number of hydrogen-bond acceptors (Lipinski definition) is 1. The van der Waals surface area contributed by atoms with E-state index in [1.807, 2.05) is 0 Å². The van der Waals surface area contributed by atoms with Crippen molar-refractivity contribution in [3.8, 4) is 0 Å². The second-order valence-electron chi connectivity index (χ2n) is 2.16. The summed E-state index contributed by atoms with van der Waals surface area (Å²) in [5.74, 6) is -1.80. The first-order chi connectivity index (χ1) is 5.34. The maximum Gasteiger partial charge on any atom is 0.435 e. The molecule has 3 nitrogen and oxygen atoms in total. The molecule has 0 spiro atoms. The Morgan fingerprint density at radius 3 is 2.08 bits per heavy atom. The lowest BCUT2D eigenvalue weighted by Gasteiger charge is -2.01. The first kappa shape index (κ1) is 8.82. The van der Waals surface area contributed by atoms with E-state index in [9.17, 15) is 22.4 Å². The maximum absolute atomic E-state index is 12.4. The summed E-state index contributed by atoms with van der Waals surface area (Å²) in [7, 11) is 1.00. The van der Waals surface area contributed by atoms with E-state index in [0.717, 1.165) is 7.05 Å². The number of aromatic amines is 1. The molecule has 1 aromatic rings. The van der Waals surface area contributed by atoms with Gasteiger partial charge in [0.05, 0.1) is 0 Å². The van der Waals surface area contributed by atoms with Gasteiger partial charge in [0.15, 0.2) is 5.69 Å². The Kier molecular flexibility index (Phi) is 1.73. The highest BCUT2D eigenvalue weighted by Gasteiger charge is 2.38. The van der Waals surface area contributed by atoms with Crippen molar-refractivity contribution < 1.29 is 17.6 Å². The van der Waals surface area contributed by atoms with Crippen LogP contribution in [0.2, 0.25) is 0 Å². The molecule has 0 amide bonds. The summed E-state index contributed by atoms with van der Waals surface area (Å²) in [6.07, 6.45) is -4.86. The number of nitrogens with one attached hydrogen (secondary N) is 1. The van der Waals surface area contributed by atoms with Crippen molar-refractivity contribution >= 4 is 0 Å². The average Bonchev–Trinajstić information content (AvgIpc) is 2.15. The topological polar surface area (TPSA) is 37.8 Å². The Morgan fingerprint density at radius 2 is 1.92 bits per heavy atom. The van der Waals surface area contributed by atoms with E-state index < -0.39 is 23.2 Å². The van der Waals surface area contributed by atoms with Crippen LogP contribution in [-0.4, -0.2) is 9.78 Å². The van der Waals surface area contributed by atoms with Gasteiger partial charge < -0.3 is 0 Å². The van der Waals surface area contributed by atoms with Gasteiger partial charge in [-0.15, -0.1) is 0 Å². The normalized spacial score (nSPS) is 12.1. The molecule has 0 saturated carbocycles. The molecular formula is C5H4F4N2O. The summed E-state index contributed by atoms with van der Waals surface area (Å²) in [4.78, 5) is 10.5. The van der Waals surface area contributed by atoms with Crippen molar-refractivity contribution in [3.63, 3.8) is 0 Å². The quantitative estimate of drug-likeness (QED) is 0.597. The van der Waals surface area contributed by atoms with Crippen molar-refractivity contribution in [2.45, 2.75) is 6.18 Å². The third kappa shape index (κ3) is 1.21. The van der Waals surface area contributed by atoms with E-state index >= 15 is 0 Å². The number of halogens is 4. The van der Waals surface area contributed by atoms with Crippen LogP contribution in [0.5, 0.6) is 0 Å². The van der Waals surface area contributed by atoms with Gasteiger partial charge in [0.2, 0.25) is 5.82 Å². The molecule has 0 aromatic carbocycles. The number of nitrogens with zero attached hydrogens (tertiary/aromatic N) is 1. The molecule has 0 atom stereocenters. The lowest BCUT2D eigenvalue weighted by Crippen LogP contribution is -2.14. The van der Waals surface area contributed by atoms with Gasteiger partial charge in [0.25, 0.3) is 0 Å². The van der Waals surface area contributed by atoms with Crippen LogP contribution in [-0.2, 0) is 13.2 Å². The molecule has 0 saturated heterocycles. The first-order valence-electron chi connectivity index (χ1n) is 2.85. The van der Waals surface area contributed by atoms with Crippen LogP contribution in [0.4, 0.5) is 17.6 Å². The minimum Gasteiger partial charge on any atom is -0.289 e. The Hall–Kier alpha value is -1.27. The molecule has 0 aliphatic carbocycles. The number of H-pyrrole nitrogens is 1. The number of aryl methyl sites for hydroxylation is 1. The largest absolute Gasteiger partial charge is 0.435 e. The maximum atomic E-state index is 12.4. The molecule has 1 rings (SSSR count). The van der Waals surface area contributed by atoms with Crippen LogP contribution < -0.4 is 5.56 Å². The van der Waals surface area contributed by atoms with Crippen molar-refractivity contribution in [3.05, 3.63) is 21.9 Å². The molecule has 1 aromatic heterocycles. The van der Waals surface area contributed by atoms with Crippen LogP contribution in [0, 0.1) is 5.82 Å². The molecule has 1 N–H and O–H groups in total. The zero-order chi connectivity index (χ0) is 9.52. The SMILES string of the molecule is Cn1[nH]c(C(F)(F)F)c(F)c1=O. The predicted octanol–water partition coefficient (Wildman–Crippen LogP) is 0.871. The minimum absolute atomic E-state index is 0.429. The van der Waals surface area contributed by atoms with Gasteiger partial charge in [0.1, 0.15) is 0 Å². The summed E-state index contributed by atoms with van der Waals surface area (Å²) < 4.78 is 48.3. The summed E-state index contributed by atoms with van der Waals surface area (Å²) >= 11 is 0. The van der Waals surface area contributed by atoms with Crippen LogP contribution in [0.1, 0.15) is 5.69 Å². The van der Waals surface area contributed by atoms with E-state index in [2.05, 4.69) is 0 Å². The van der Waals surface area contributed by atoms with Gasteiger partial charge >= 0.3 is 11.7 Å². The summed E-state index contributed by atoms with van der Waals surface area (Å²) in [5, 5.41) is 1.56. The van der Waals surface area contributed by atoms with Gasteiger partial charge in [0, 0.05) is 7.05 Å². The highest BCUT2D eigenvalue weighted by atomic mass is 19.4. The predicted molar refractivity (Wildman–Crippen MR) is 31.0 cm³/mol. The first-order valence-corrected chi connectivity index (χ1v) is 2.85. The Balaban J connectivity index is 3.38. The molecule has 7 heteroatoms. The van der Waals surface area contributed by atoms with Crippen molar-refractivity contribution in [1.82, 2.24) is 9.78 Å². The fraction of sp³-hybridized carbons (Fsp3) is 0.400. The highest BCUT2D eigenvalue weighted by molar-refractivity contribution is 5.06. The smallest absolute Gasteiger partial charge is 0.289 e. The molecule has 0 unspecified atom stereocenters. The van der Waals surface area contributed by atoms with E-state index in [4.69, 9.17) is 0 Å². The third-order valence-corrected chi connectivity index (χ3v) is 1.27. The van der Waals surface area contributed by atoms with Crippen LogP contribution in [0.3, 0.4) is 0 Å². The minimum atomic E-state index is -4.86. The van der Waals surface area contributed by atoms with Crippen molar-refractivity contribution in [1.29, 1.82) is 0 Å². The third-order valence-electron chi connectivity index (χ3n) is 1.27. The fourth-order valence-corrected chi connectivity index (χ4v) is 0.710. The molecule has 0 bridgehead atoms. The Bertz CT molecular complexity index is 347. The van der Waals surface area contributed by atoms with Gasteiger partial charge in [-0.2, -0.15) is 17.6 Å². The molecule has 0 radical (unpaired) electrons. The average molecular weight is 184 g/mol. The highest BCUT2D eigenvalue weighted by Crippen LogP contribution is 2.28. The molecular weight excluding hydrogens is 180 g/mol. The second kappa shape index (κ2) is 2.36. The number of hydrogen-bond donors (Lipinski definition) is 1. The van der Waals surface area contributed by atoms with Crippen molar-refractivity contribution in [2.24, 2.45) is 7.05 Å². The molecule has 0 aliphatic heterocycles. The number of aromatic nitrogens is 2. The van der Waals surface area contributed by atoms with Gasteiger partial charge in [-0.05, 0) is 0 Å². The summed E-state index contributed by atoms with van der Waals surface area (Å²) in [5.41, 5.74) is -2.96. The molecule has 68 valence electrons. The lowest BCUT2D eigenvalue weighted by molar-refractivity contribution is -0.143. The zero-order valence-corrected chi connectivity index (χ0v) is 5.87. The Morgan fingerprint density at radius 1 is 1.42 bits per heavy atom. The van der Waals surface area contributed by atoms with Gasteiger partial charge in [-0.25, -0.2) is 0 Å². The summed E-state index contributed by atoms with van der Waals surface area (Å²) in [6, 6.07) is 0. The van der Waals surface area contributed by atoms with Gasteiger partial charge in [-0.1, -0.05) is 0 Å². The Labute approximate surface area is 63.6 Å². The summed E-state index contributed by atoms with van der Waals surface area (Å²) in [6.45, 7) is 0. The van der Waals surface area contributed by atoms with E-state index in [1.54, 1.807) is 5.10 Å². The lowest BCUT2D eigenvalue weighted by atomic mass is 10.4. The second-order valence-corrected chi connectivity index (χ2v) is 2.16. The standard InChI is InChI=1S/C5H4F4N2O/c1-11-4(12)2(6)3(10-11)5(7,8)9/h10H,1H3. The van der Waals surface area contributed by atoms with E-state index in [1.165, 1.54) is 0 Å². The monoisotopic (exact) mass is 184 g/mol. The fourth-order valence-electron chi connectivity index (χ4n) is 0.710. The number of rotatable bonds is 0. The number of alkyl halides is 3. The van der Waals surface area contributed by atoms with E-state index in [0.29, 0.717) is 4.68 Å². The van der Waals surface area contributed by atoms with Crippen LogP contribution >= 0.6 is 0 Å². The van der Waals surface area contributed by atoms with E-state index in [-0.39, 0.29) is 0 Å². The van der Waals surface area contributed by atoms with Crippen LogP contribution in [0.25, 0.3) is 0 Å². The molecule has 0 aliphatic rings. The molecule has 1 heterocycles. The van der Waals surface area contributed by atoms with Crippen LogP contribution in [0.15, 0.2) is 4.79 Å². The molecule has 12 heavy (non-hydrogen) atoms. The van der Waals surface area contributed by atoms with Crippen molar-refractivity contribution in [2.75, 3.05) is 0 Å². The zero-order valence-electron chi connectivity index (χ0n) is 5.87.